The van der Waals surface area contributed by atoms with Gasteiger partial charge in [-0.3, -0.25) is 14.0 Å². The number of benzene rings is 3. The van der Waals surface area contributed by atoms with Gasteiger partial charge in [0.25, 0.3) is 11.8 Å². The summed E-state index contributed by atoms with van der Waals surface area (Å²) in [5, 5.41) is 12.1. The van der Waals surface area contributed by atoms with Crippen LogP contribution in [0.1, 0.15) is 59.6 Å². The first-order valence-electron chi connectivity index (χ1n) is 13.6. The molecule has 2 amide bonds. The number of imidazole rings is 1. The van der Waals surface area contributed by atoms with Crippen LogP contribution in [0.2, 0.25) is 5.02 Å². The van der Waals surface area contributed by atoms with Gasteiger partial charge in [0.1, 0.15) is 28.7 Å². The molecule has 3 aromatic carbocycles. The summed E-state index contributed by atoms with van der Waals surface area (Å²) in [7, 11) is 1.48. The van der Waals surface area contributed by atoms with E-state index in [0.717, 1.165) is 18.3 Å². The molecule has 47 heavy (non-hydrogen) atoms. The predicted octanol–water partition coefficient (Wildman–Crippen LogP) is 6.99. The van der Waals surface area contributed by atoms with Gasteiger partial charge >= 0.3 is 12.1 Å². The molecule has 1 aliphatic heterocycles. The second-order valence-corrected chi connectivity index (χ2v) is 10.9. The van der Waals surface area contributed by atoms with Crippen LogP contribution in [0.4, 0.5) is 27.6 Å². The van der Waals surface area contributed by atoms with Crippen LogP contribution in [0, 0.1) is 11.6 Å². The van der Waals surface area contributed by atoms with Gasteiger partial charge in [-0.15, -0.1) is 0 Å². The Kier molecular flexibility index (Phi) is 7.83. The van der Waals surface area contributed by atoms with Crippen molar-refractivity contribution in [2.75, 3.05) is 12.4 Å². The Morgan fingerprint density at radius 1 is 1.02 bits per heavy atom. The number of nitrogens with one attached hydrogen (secondary N) is 1. The van der Waals surface area contributed by atoms with Gasteiger partial charge in [-0.25, -0.2) is 18.6 Å². The number of fused-ring (bicyclic) bond motifs is 3. The Bertz CT molecular complexity index is 2100. The number of halogens is 6. The maximum Gasteiger partial charge on any atom is 0.416 e. The molecule has 0 spiro atoms. The summed E-state index contributed by atoms with van der Waals surface area (Å²) in [6, 6.07) is 11.4. The van der Waals surface area contributed by atoms with Crippen LogP contribution in [-0.2, 0) is 12.7 Å². The van der Waals surface area contributed by atoms with Crippen LogP contribution in [0.3, 0.4) is 0 Å². The van der Waals surface area contributed by atoms with Gasteiger partial charge in [-0.05, 0) is 54.1 Å². The average Bonchev–Trinajstić information content (AvgIpc) is 3.57. The van der Waals surface area contributed by atoms with Crippen LogP contribution < -0.4 is 10.1 Å². The van der Waals surface area contributed by atoms with E-state index in [2.05, 4.69) is 10.3 Å². The number of carbonyl (C=O) groups is 3. The van der Waals surface area contributed by atoms with Gasteiger partial charge in [-0.2, -0.15) is 13.2 Å². The lowest BCUT2D eigenvalue weighted by Gasteiger charge is -2.27. The Morgan fingerprint density at radius 2 is 1.74 bits per heavy atom. The summed E-state index contributed by atoms with van der Waals surface area (Å²) < 4.78 is 75.6. The van der Waals surface area contributed by atoms with E-state index in [4.69, 9.17) is 16.3 Å². The number of nitrogens with zero attached hydrogens (tertiary/aromatic N) is 3. The summed E-state index contributed by atoms with van der Waals surface area (Å²) in [5.74, 6) is -4.81. The largest absolute Gasteiger partial charge is 0.497 e. The first-order valence-corrected chi connectivity index (χ1v) is 14.0. The number of alkyl halides is 3. The zero-order valence-electron chi connectivity index (χ0n) is 23.9. The number of amides is 2. The van der Waals surface area contributed by atoms with Crippen molar-refractivity contribution in [1.29, 1.82) is 0 Å². The van der Waals surface area contributed by atoms with Crippen LogP contribution in [0.5, 0.6) is 5.75 Å². The molecule has 1 aliphatic rings. The van der Waals surface area contributed by atoms with E-state index in [1.807, 2.05) is 0 Å². The van der Waals surface area contributed by atoms with Gasteiger partial charge in [-0.1, -0.05) is 23.7 Å². The van der Waals surface area contributed by atoms with Crippen molar-refractivity contribution in [3.8, 4) is 5.75 Å². The number of aromatic carboxylic acids is 1. The molecule has 0 fully saturated rings. The second-order valence-electron chi connectivity index (χ2n) is 10.5. The van der Waals surface area contributed by atoms with Crippen molar-refractivity contribution in [3.63, 3.8) is 0 Å². The number of carboxylic acid groups (broad SMARTS) is 1. The molecule has 3 heterocycles. The lowest BCUT2D eigenvalue weighted by Crippen LogP contribution is -2.29. The van der Waals surface area contributed by atoms with Crippen LogP contribution >= 0.6 is 11.6 Å². The highest BCUT2D eigenvalue weighted by molar-refractivity contribution is 6.31. The van der Waals surface area contributed by atoms with Crippen molar-refractivity contribution in [3.05, 3.63) is 129 Å². The Morgan fingerprint density at radius 3 is 2.40 bits per heavy atom. The summed E-state index contributed by atoms with van der Waals surface area (Å²) >= 11 is 6.54. The van der Waals surface area contributed by atoms with Gasteiger partial charge in [0.05, 0.1) is 24.4 Å². The van der Waals surface area contributed by atoms with Crippen LogP contribution in [0.15, 0.2) is 72.9 Å². The maximum atomic E-state index is 14.7. The Labute approximate surface area is 266 Å². The highest BCUT2D eigenvalue weighted by Crippen LogP contribution is 2.46. The molecular formula is C32H20ClF5N4O5. The zero-order chi connectivity index (χ0) is 33.8. The topological polar surface area (TPSA) is 113 Å². The molecule has 1 atom stereocenters. The highest BCUT2D eigenvalue weighted by atomic mass is 35.5. The molecule has 0 saturated heterocycles. The van der Waals surface area contributed by atoms with E-state index in [1.54, 1.807) is 24.3 Å². The summed E-state index contributed by atoms with van der Waals surface area (Å²) in [6.45, 7) is -0.0940. The van der Waals surface area contributed by atoms with E-state index in [9.17, 15) is 41.4 Å². The fraction of sp³-hybridized carbons (Fsp3) is 0.125. The summed E-state index contributed by atoms with van der Waals surface area (Å²) in [5.41, 5.74) is -2.34. The predicted molar refractivity (Wildman–Crippen MR) is 158 cm³/mol. The van der Waals surface area contributed by atoms with Gasteiger partial charge in [0.2, 0.25) is 0 Å². The number of ether oxygens (including phenoxy) is 1. The molecule has 9 nitrogen and oxygen atoms in total. The van der Waals surface area contributed by atoms with Crippen molar-refractivity contribution < 1.29 is 46.2 Å². The number of hydrogen-bond acceptors (Lipinski definition) is 5. The summed E-state index contributed by atoms with van der Waals surface area (Å²) in [4.78, 5) is 44.9. The molecule has 15 heteroatoms. The molecular weight excluding hydrogens is 651 g/mol. The Hall–Kier alpha value is -5.50. The second kappa shape index (κ2) is 11.7. The maximum absolute atomic E-state index is 14.7. The minimum atomic E-state index is -4.96. The average molecular weight is 671 g/mol. The molecule has 5 aromatic rings. The molecule has 0 bridgehead atoms. The van der Waals surface area contributed by atoms with E-state index in [1.165, 1.54) is 28.5 Å². The molecule has 6 rings (SSSR count). The fourth-order valence-corrected chi connectivity index (χ4v) is 5.69. The van der Waals surface area contributed by atoms with E-state index in [-0.39, 0.29) is 45.8 Å². The van der Waals surface area contributed by atoms with E-state index in [0.29, 0.717) is 23.4 Å². The third kappa shape index (κ3) is 5.83. The Balaban J connectivity index is 1.57. The number of rotatable bonds is 7. The number of pyridine rings is 1. The molecule has 0 saturated carbocycles. The third-order valence-electron chi connectivity index (χ3n) is 7.56. The normalized spacial score (nSPS) is 14.4. The van der Waals surface area contributed by atoms with Crippen LogP contribution in [0.25, 0.3) is 5.65 Å². The van der Waals surface area contributed by atoms with Gasteiger partial charge < -0.3 is 20.1 Å². The lowest BCUT2D eigenvalue weighted by atomic mass is 9.97. The SMILES string of the molecule is COc1ccc(CN2C(=O)c3c(c(NC(=O)c4cc(F)cc(C(F)(F)F)c4)cc4nc(C(=O)O)cn34)C2c2cc(F)ccc2Cl)cc1. The zero-order valence-corrected chi connectivity index (χ0v) is 24.7. The number of methoxy groups -OCH3 is 1. The number of aromatic nitrogens is 2. The smallest absolute Gasteiger partial charge is 0.416 e. The molecule has 2 aromatic heterocycles. The van der Waals surface area contributed by atoms with E-state index >= 15 is 0 Å². The van der Waals surface area contributed by atoms with Crippen molar-refractivity contribution in [1.82, 2.24) is 14.3 Å². The fourth-order valence-electron chi connectivity index (χ4n) is 5.47. The van der Waals surface area contributed by atoms with Crippen LogP contribution in [-0.4, -0.2) is 44.3 Å². The molecule has 240 valence electrons. The van der Waals surface area contributed by atoms with Gasteiger partial charge in [0, 0.05) is 40.5 Å². The number of anilines is 1. The van der Waals surface area contributed by atoms with Crippen molar-refractivity contribution in [2.45, 2.75) is 18.8 Å². The highest BCUT2D eigenvalue weighted by Gasteiger charge is 2.43. The molecule has 0 radical (unpaired) electrons. The van der Waals surface area contributed by atoms with E-state index < -0.39 is 58.5 Å². The summed E-state index contributed by atoms with van der Waals surface area (Å²) in [6.07, 6.45) is -3.88. The molecule has 1 unspecified atom stereocenters. The minimum absolute atomic E-state index is 0.0126. The lowest BCUT2D eigenvalue weighted by molar-refractivity contribution is -0.137. The third-order valence-corrected chi connectivity index (χ3v) is 7.90. The molecule has 0 aliphatic carbocycles. The quantitative estimate of drug-likeness (QED) is 0.181. The standard InChI is InChI=1S/C32H20ClF5N4O5/c1-47-20-5-2-15(3-6-20)13-42-27(21-11-18(34)4-7-22(21)33)26-23(12-25-39-24(31(45)46)14-41(25)28(26)30(42)44)40-29(43)16-8-17(32(36,37)38)10-19(35)9-16/h2-12,14,27H,13H2,1H3,(H,40,43)(H,45,46). The number of carboxylic acids is 1. The van der Waals surface area contributed by atoms with Crippen molar-refractivity contribution in [2.24, 2.45) is 0 Å². The molecule has 2 N–H and O–H groups in total. The minimum Gasteiger partial charge on any atom is -0.497 e. The monoisotopic (exact) mass is 670 g/mol. The first-order chi connectivity index (χ1) is 22.2. The van der Waals surface area contributed by atoms with Crippen molar-refractivity contribution >= 4 is 40.7 Å². The number of carbonyl (C=O) groups excluding carboxylic acids is 2. The first kappa shape index (κ1) is 31.5. The number of hydrogen-bond donors (Lipinski definition) is 2. The van der Waals surface area contributed by atoms with Gasteiger partial charge in [0.15, 0.2) is 5.69 Å².